The van der Waals surface area contributed by atoms with E-state index >= 15 is 0 Å². The molecule has 1 atom stereocenters. The molecular formula is C12H15N3O3. The summed E-state index contributed by atoms with van der Waals surface area (Å²) in [6, 6.07) is 7.50. The fourth-order valence-electron chi connectivity index (χ4n) is 2.06. The molecule has 1 aromatic rings. The number of hydrogen-bond donors (Lipinski definition) is 1. The summed E-state index contributed by atoms with van der Waals surface area (Å²) in [5.74, 6) is -0.286. The second-order valence-corrected chi connectivity index (χ2v) is 4.19. The van der Waals surface area contributed by atoms with E-state index in [0.29, 0.717) is 0 Å². The lowest BCUT2D eigenvalue weighted by Gasteiger charge is -2.20. The summed E-state index contributed by atoms with van der Waals surface area (Å²) in [6.07, 6.45) is -1.83. The first-order valence-corrected chi connectivity index (χ1v) is 5.54. The molecule has 0 saturated carbocycles. The number of amides is 2. The molecule has 0 aliphatic carbocycles. The van der Waals surface area contributed by atoms with Crippen molar-refractivity contribution in [3.05, 3.63) is 24.3 Å². The number of benzene rings is 1. The highest BCUT2D eigenvalue weighted by atomic mass is 16.6. The highest BCUT2D eigenvalue weighted by Crippen LogP contribution is 2.31. The average molecular weight is 249 g/mol. The number of rotatable bonds is 1. The molecule has 6 nitrogen and oxygen atoms in total. The first kappa shape index (κ1) is 12.2. The van der Waals surface area contributed by atoms with Crippen LogP contribution in [0.5, 0.6) is 0 Å². The van der Waals surface area contributed by atoms with Crippen LogP contribution in [0.3, 0.4) is 0 Å². The van der Waals surface area contributed by atoms with Crippen LogP contribution in [-0.2, 0) is 9.53 Å². The minimum Gasteiger partial charge on any atom is -0.434 e. The van der Waals surface area contributed by atoms with Crippen molar-refractivity contribution >= 4 is 23.4 Å². The molecule has 0 bridgehead atoms. The Kier molecular flexibility index (Phi) is 3.10. The molecule has 0 radical (unpaired) electrons. The Bertz CT molecular complexity index is 489. The zero-order valence-electron chi connectivity index (χ0n) is 10.3. The summed E-state index contributed by atoms with van der Waals surface area (Å²) >= 11 is 0. The number of likely N-dealkylation sites (N-methyl/N-ethyl adjacent to an activating group) is 2. The number of carbonyl (C=O) groups is 2. The summed E-state index contributed by atoms with van der Waals surface area (Å²) in [7, 11) is 3.49. The van der Waals surface area contributed by atoms with Gasteiger partial charge >= 0.3 is 6.09 Å². The summed E-state index contributed by atoms with van der Waals surface area (Å²) < 4.78 is 4.86. The van der Waals surface area contributed by atoms with Gasteiger partial charge in [-0.3, -0.25) is 4.79 Å². The molecule has 0 aromatic heterocycles. The van der Waals surface area contributed by atoms with Crippen molar-refractivity contribution in [2.45, 2.75) is 6.10 Å². The second-order valence-electron chi connectivity index (χ2n) is 4.19. The van der Waals surface area contributed by atoms with Crippen molar-refractivity contribution in [1.29, 1.82) is 0 Å². The van der Waals surface area contributed by atoms with Gasteiger partial charge in [0.05, 0.1) is 17.9 Å². The van der Waals surface area contributed by atoms with Crippen LogP contribution in [0.1, 0.15) is 0 Å². The summed E-state index contributed by atoms with van der Waals surface area (Å²) in [4.78, 5) is 26.3. The van der Waals surface area contributed by atoms with Crippen LogP contribution >= 0.6 is 0 Å². The number of ether oxygens (including phenoxy) is 1. The van der Waals surface area contributed by atoms with E-state index < -0.39 is 12.2 Å². The predicted octanol–water partition coefficient (Wildman–Crippen LogP) is 0.563. The van der Waals surface area contributed by atoms with Gasteiger partial charge in [0.1, 0.15) is 0 Å². The number of primary amides is 1. The summed E-state index contributed by atoms with van der Waals surface area (Å²) in [5.41, 5.74) is 6.67. The molecule has 2 rings (SSSR count). The third-order valence-electron chi connectivity index (χ3n) is 2.96. The Labute approximate surface area is 105 Å². The third kappa shape index (κ3) is 2.09. The van der Waals surface area contributed by atoms with Crippen LogP contribution in [0.2, 0.25) is 0 Å². The minimum absolute atomic E-state index is 0.281. The van der Waals surface area contributed by atoms with Crippen molar-refractivity contribution in [3.8, 4) is 0 Å². The fraction of sp³-hybridized carbons (Fsp3) is 0.333. The van der Waals surface area contributed by atoms with Crippen molar-refractivity contribution in [2.24, 2.45) is 5.73 Å². The lowest BCUT2D eigenvalue weighted by atomic mass is 10.2. The predicted molar refractivity (Wildman–Crippen MR) is 67.6 cm³/mol. The van der Waals surface area contributed by atoms with E-state index in [9.17, 15) is 9.59 Å². The average Bonchev–Trinajstić information content (AvgIpc) is 2.42. The maximum absolute atomic E-state index is 12.2. The number of nitrogens with zero attached hydrogens (tertiary/aromatic N) is 2. The van der Waals surface area contributed by atoms with Gasteiger partial charge in [0.15, 0.2) is 6.10 Å². The van der Waals surface area contributed by atoms with Gasteiger partial charge in [-0.1, -0.05) is 12.1 Å². The second kappa shape index (κ2) is 4.56. The van der Waals surface area contributed by atoms with Gasteiger partial charge < -0.3 is 20.3 Å². The number of hydrogen-bond acceptors (Lipinski definition) is 4. The van der Waals surface area contributed by atoms with Crippen LogP contribution in [0.4, 0.5) is 16.2 Å². The van der Waals surface area contributed by atoms with Crippen molar-refractivity contribution in [2.75, 3.05) is 30.4 Å². The molecule has 1 unspecified atom stereocenters. The lowest BCUT2D eigenvalue weighted by Crippen LogP contribution is -2.43. The molecule has 1 aromatic carbocycles. The van der Waals surface area contributed by atoms with Crippen LogP contribution in [0.15, 0.2) is 24.3 Å². The van der Waals surface area contributed by atoms with E-state index in [2.05, 4.69) is 0 Å². The minimum atomic E-state index is -0.943. The van der Waals surface area contributed by atoms with Crippen LogP contribution < -0.4 is 15.5 Å². The van der Waals surface area contributed by atoms with Gasteiger partial charge in [0.2, 0.25) is 0 Å². The largest absolute Gasteiger partial charge is 0.434 e. The van der Waals surface area contributed by atoms with Gasteiger partial charge in [-0.25, -0.2) is 4.79 Å². The molecule has 18 heavy (non-hydrogen) atoms. The fourth-order valence-corrected chi connectivity index (χ4v) is 2.06. The third-order valence-corrected chi connectivity index (χ3v) is 2.96. The zero-order chi connectivity index (χ0) is 13.3. The maximum Gasteiger partial charge on any atom is 0.405 e. The molecule has 0 saturated heterocycles. The van der Waals surface area contributed by atoms with Gasteiger partial charge in [-0.2, -0.15) is 0 Å². The first-order valence-electron chi connectivity index (χ1n) is 5.54. The van der Waals surface area contributed by atoms with E-state index in [1.54, 1.807) is 7.05 Å². The Balaban J connectivity index is 2.38. The number of carbonyl (C=O) groups excluding carboxylic acids is 2. The summed E-state index contributed by atoms with van der Waals surface area (Å²) in [6.45, 7) is 0.281. The molecule has 2 amide bonds. The molecule has 6 heteroatoms. The Morgan fingerprint density at radius 3 is 2.56 bits per heavy atom. The standard InChI is InChI=1S/C12H15N3O3/c1-14-7-10(18-12(13)17)11(16)15(2)9-6-4-3-5-8(9)14/h3-6,10H,7H2,1-2H3,(H2,13,17). The molecule has 1 heterocycles. The SMILES string of the molecule is CN1CC(OC(N)=O)C(=O)N(C)c2ccccc21. The number of nitrogens with two attached hydrogens (primary N) is 1. The highest BCUT2D eigenvalue weighted by molar-refractivity contribution is 6.01. The van der Waals surface area contributed by atoms with E-state index in [1.165, 1.54) is 4.90 Å². The molecule has 0 spiro atoms. The maximum atomic E-state index is 12.2. The Morgan fingerprint density at radius 2 is 1.94 bits per heavy atom. The first-order chi connectivity index (χ1) is 8.50. The zero-order valence-corrected chi connectivity index (χ0v) is 10.3. The quantitative estimate of drug-likeness (QED) is 0.789. The van der Waals surface area contributed by atoms with Crippen molar-refractivity contribution in [3.63, 3.8) is 0 Å². The van der Waals surface area contributed by atoms with Crippen molar-refractivity contribution in [1.82, 2.24) is 0 Å². The van der Waals surface area contributed by atoms with E-state index in [1.807, 2.05) is 36.2 Å². The van der Waals surface area contributed by atoms with E-state index in [-0.39, 0.29) is 12.5 Å². The van der Waals surface area contributed by atoms with Crippen molar-refractivity contribution < 1.29 is 14.3 Å². The van der Waals surface area contributed by atoms with Gasteiger partial charge in [-0.05, 0) is 12.1 Å². The summed E-state index contributed by atoms with van der Waals surface area (Å²) in [5, 5.41) is 0. The molecular weight excluding hydrogens is 234 g/mol. The topological polar surface area (TPSA) is 75.9 Å². The molecule has 2 N–H and O–H groups in total. The molecule has 96 valence electrons. The Morgan fingerprint density at radius 1 is 1.33 bits per heavy atom. The van der Waals surface area contributed by atoms with Gasteiger partial charge in [-0.15, -0.1) is 0 Å². The molecule has 1 aliphatic rings. The smallest absolute Gasteiger partial charge is 0.405 e. The lowest BCUT2D eigenvalue weighted by molar-refractivity contribution is -0.125. The molecule has 1 aliphatic heterocycles. The Hall–Kier alpha value is -2.24. The highest BCUT2D eigenvalue weighted by Gasteiger charge is 2.32. The van der Waals surface area contributed by atoms with Gasteiger partial charge in [0, 0.05) is 14.1 Å². The number of anilines is 2. The number of para-hydroxylation sites is 2. The van der Waals surface area contributed by atoms with Crippen LogP contribution in [0.25, 0.3) is 0 Å². The van der Waals surface area contributed by atoms with Gasteiger partial charge in [0.25, 0.3) is 5.91 Å². The monoisotopic (exact) mass is 249 g/mol. The van der Waals surface area contributed by atoms with Crippen LogP contribution in [-0.4, -0.2) is 38.7 Å². The van der Waals surface area contributed by atoms with Crippen LogP contribution in [0, 0.1) is 0 Å². The van der Waals surface area contributed by atoms with E-state index in [4.69, 9.17) is 10.5 Å². The van der Waals surface area contributed by atoms with E-state index in [0.717, 1.165) is 11.4 Å². The normalized spacial score (nSPS) is 19.2. The number of fused-ring (bicyclic) bond motifs is 1. The molecule has 0 fully saturated rings.